The third-order valence-corrected chi connectivity index (χ3v) is 3.71. The van der Waals surface area contributed by atoms with E-state index in [4.69, 9.17) is 0 Å². The van der Waals surface area contributed by atoms with Crippen LogP contribution in [-0.2, 0) is 0 Å². The lowest BCUT2D eigenvalue weighted by molar-refractivity contribution is 0.307. The lowest BCUT2D eigenvalue weighted by Gasteiger charge is -2.29. The Morgan fingerprint density at radius 1 is 1.44 bits per heavy atom. The van der Waals surface area contributed by atoms with E-state index in [1.807, 2.05) is 0 Å². The molecule has 1 rings (SSSR count). The van der Waals surface area contributed by atoms with Crippen molar-refractivity contribution in [1.82, 2.24) is 0 Å². The van der Waals surface area contributed by atoms with Gasteiger partial charge >= 0.3 is 0 Å². The molecule has 0 amide bonds. The van der Waals surface area contributed by atoms with Crippen LogP contribution in [0.4, 0.5) is 0 Å². The van der Waals surface area contributed by atoms with Crippen molar-refractivity contribution in [2.75, 3.05) is 5.33 Å². The average molecular weight is 256 g/mol. The zero-order valence-corrected chi connectivity index (χ0v) is 8.62. The summed E-state index contributed by atoms with van der Waals surface area (Å²) in [6, 6.07) is 0. The van der Waals surface area contributed by atoms with Crippen molar-refractivity contribution < 1.29 is 0 Å². The first-order valence-corrected chi connectivity index (χ1v) is 5.58. The third kappa shape index (κ3) is 2.23. The van der Waals surface area contributed by atoms with Crippen molar-refractivity contribution in [3.63, 3.8) is 0 Å². The largest absolute Gasteiger partial charge is 0.0928 e. The van der Waals surface area contributed by atoms with Gasteiger partial charge in [0.15, 0.2) is 0 Å². The molecule has 0 aromatic carbocycles. The highest BCUT2D eigenvalue weighted by Crippen LogP contribution is 2.34. The van der Waals surface area contributed by atoms with Crippen LogP contribution in [0.25, 0.3) is 0 Å². The molecule has 0 bridgehead atoms. The van der Waals surface area contributed by atoms with Crippen molar-refractivity contribution in [2.24, 2.45) is 5.92 Å². The molecule has 54 valence electrons. The molecule has 1 atom stereocenters. The molecule has 1 fully saturated rings. The minimum atomic E-state index is 0.783. The van der Waals surface area contributed by atoms with Crippen LogP contribution in [0, 0.1) is 5.92 Å². The maximum absolute atomic E-state index is 3.68. The predicted octanol–water partition coefficient (Wildman–Crippen LogP) is 3.34. The van der Waals surface area contributed by atoms with Gasteiger partial charge in [-0.05, 0) is 25.2 Å². The summed E-state index contributed by atoms with van der Waals surface area (Å²) >= 11 is 7.13. The van der Waals surface area contributed by atoms with E-state index in [0.717, 1.165) is 16.1 Å². The van der Waals surface area contributed by atoms with E-state index in [1.165, 1.54) is 25.7 Å². The summed E-state index contributed by atoms with van der Waals surface area (Å²) in [5.41, 5.74) is 0. The average Bonchev–Trinajstić information content (AvgIpc) is 1.60. The van der Waals surface area contributed by atoms with Crippen molar-refractivity contribution in [3.05, 3.63) is 0 Å². The van der Waals surface area contributed by atoms with Crippen LogP contribution < -0.4 is 0 Å². The maximum Gasteiger partial charge on any atom is 0.0182 e. The van der Waals surface area contributed by atoms with Gasteiger partial charge in [0.1, 0.15) is 0 Å². The fourth-order valence-electron chi connectivity index (χ4n) is 1.14. The Balaban J connectivity index is 2.08. The third-order valence-electron chi connectivity index (χ3n) is 2.05. The Kier molecular flexibility index (Phi) is 3.55. The summed E-state index contributed by atoms with van der Waals surface area (Å²) in [4.78, 5) is 0.783. The standard InChI is InChI=1S/C7H12Br2/c8-5-4-7(9)6-2-1-3-6/h6-7H,1-5H2/t7-/m1/s1. The molecular weight excluding hydrogens is 244 g/mol. The van der Waals surface area contributed by atoms with Crippen LogP contribution in [-0.4, -0.2) is 10.2 Å². The molecule has 1 aliphatic rings. The minimum Gasteiger partial charge on any atom is -0.0928 e. The highest BCUT2D eigenvalue weighted by molar-refractivity contribution is 9.10. The molecular formula is C7H12Br2. The highest BCUT2D eigenvalue weighted by Gasteiger charge is 2.24. The minimum absolute atomic E-state index is 0.783. The molecule has 0 aromatic heterocycles. The summed E-state index contributed by atoms with van der Waals surface area (Å²) in [7, 11) is 0. The monoisotopic (exact) mass is 254 g/mol. The maximum atomic E-state index is 3.68. The number of halogens is 2. The Morgan fingerprint density at radius 2 is 2.11 bits per heavy atom. The molecule has 0 heterocycles. The zero-order valence-electron chi connectivity index (χ0n) is 5.45. The Labute approximate surface area is 73.7 Å². The van der Waals surface area contributed by atoms with E-state index in [1.54, 1.807) is 0 Å². The van der Waals surface area contributed by atoms with E-state index < -0.39 is 0 Å². The van der Waals surface area contributed by atoms with Gasteiger partial charge in [-0.1, -0.05) is 38.3 Å². The summed E-state index contributed by atoms with van der Waals surface area (Å²) in [5.74, 6) is 0.988. The Morgan fingerprint density at radius 3 is 2.44 bits per heavy atom. The fourth-order valence-corrected chi connectivity index (χ4v) is 3.01. The van der Waals surface area contributed by atoms with Gasteiger partial charge in [0.05, 0.1) is 0 Å². The van der Waals surface area contributed by atoms with Gasteiger partial charge in [-0.2, -0.15) is 0 Å². The van der Waals surface area contributed by atoms with Crippen molar-refractivity contribution >= 4 is 31.9 Å². The molecule has 1 saturated carbocycles. The molecule has 0 radical (unpaired) electrons. The van der Waals surface area contributed by atoms with Crippen LogP contribution >= 0.6 is 31.9 Å². The van der Waals surface area contributed by atoms with Gasteiger partial charge in [-0.25, -0.2) is 0 Å². The van der Waals surface area contributed by atoms with Crippen molar-refractivity contribution in [1.29, 1.82) is 0 Å². The molecule has 9 heavy (non-hydrogen) atoms. The second-order valence-corrected chi connectivity index (χ2v) is 4.65. The number of hydrogen-bond acceptors (Lipinski definition) is 0. The molecule has 0 spiro atoms. The highest BCUT2D eigenvalue weighted by atomic mass is 79.9. The van der Waals surface area contributed by atoms with Crippen LogP contribution in [0.15, 0.2) is 0 Å². The summed E-state index contributed by atoms with van der Waals surface area (Å²) in [6.45, 7) is 0. The van der Waals surface area contributed by atoms with Crippen LogP contribution in [0.5, 0.6) is 0 Å². The van der Waals surface area contributed by atoms with Gasteiger partial charge in [0.2, 0.25) is 0 Å². The number of hydrogen-bond donors (Lipinski definition) is 0. The van der Waals surface area contributed by atoms with E-state index in [-0.39, 0.29) is 0 Å². The smallest absolute Gasteiger partial charge is 0.0182 e. The number of rotatable bonds is 3. The lowest BCUT2D eigenvalue weighted by atomic mass is 9.82. The molecule has 0 unspecified atom stereocenters. The molecule has 0 aliphatic heterocycles. The molecule has 0 saturated heterocycles. The second-order valence-electron chi connectivity index (χ2n) is 2.68. The Hall–Kier alpha value is 0.960. The predicted molar refractivity (Wildman–Crippen MR) is 48.5 cm³/mol. The van der Waals surface area contributed by atoms with Crippen molar-refractivity contribution in [3.8, 4) is 0 Å². The van der Waals surface area contributed by atoms with E-state index >= 15 is 0 Å². The first kappa shape index (κ1) is 8.06. The van der Waals surface area contributed by atoms with Crippen LogP contribution in [0.1, 0.15) is 25.7 Å². The van der Waals surface area contributed by atoms with Gasteiger partial charge < -0.3 is 0 Å². The fraction of sp³-hybridized carbons (Fsp3) is 1.00. The first-order chi connectivity index (χ1) is 4.34. The first-order valence-electron chi connectivity index (χ1n) is 3.54. The summed E-state index contributed by atoms with van der Waals surface area (Å²) in [6.07, 6.45) is 5.63. The van der Waals surface area contributed by atoms with Gasteiger partial charge in [0, 0.05) is 10.2 Å². The quantitative estimate of drug-likeness (QED) is 0.679. The van der Waals surface area contributed by atoms with Crippen LogP contribution in [0.2, 0.25) is 0 Å². The molecule has 1 aliphatic carbocycles. The molecule has 0 nitrogen and oxygen atoms in total. The summed E-state index contributed by atoms with van der Waals surface area (Å²) in [5, 5.41) is 1.14. The van der Waals surface area contributed by atoms with Gasteiger partial charge in [-0.15, -0.1) is 0 Å². The summed E-state index contributed by atoms with van der Waals surface area (Å²) < 4.78 is 0. The molecule has 0 N–H and O–H groups in total. The van der Waals surface area contributed by atoms with Gasteiger partial charge in [0.25, 0.3) is 0 Å². The normalized spacial score (nSPS) is 23.3. The molecule has 2 heteroatoms. The van der Waals surface area contributed by atoms with Crippen molar-refractivity contribution in [2.45, 2.75) is 30.5 Å². The number of alkyl halides is 2. The van der Waals surface area contributed by atoms with E-state index in [2.05, 4.69) is 31.9 Å². The lowest BCUT2D eigenvalue weighted by Crippen LogP contribution is -2.21. The SMILES string of the molecule is BrCC[C@@H](Br)C1CCC1. The van der Waals surface area contributed by atoms with Crippen LogP contribution in [0.3, 0.4) is 0 Å². The zero-order chi connectivity index (χ0) is 6.69. The van der Waals surface area contributed by atoms with E-state index in [0.29, 0.717) is 0 Å². The Bertz CT molecular complexity index is 79.0. The van der Waals surface area contributed by atoms with Gasteiger partial charge in [-0.3, -0.25) is 0 Å². The topological polar surface area (TPSA) is 0 Å². The molecule has 0 aromatic rings. The van der Waals surface area contributed by atoms with E-state index in [9.17, 15) is 0 Å². The second kappa shape index (κ2) is 3.97.